The number of nitrogens with one attached hydrogen (secondary N) is 1. The summed E-state index contributed by atoms with van der Waals surface area (Å²) in [6.07, 6.45) is 0.958. The van der Waals surface area contributed by atoms with E-state index in [-0.39, 0.29) is 22.4 Å². The van der Waals surface area contributed by atoms with Crippen LogP contribution in [0.5, 0.6) is 0 Å². The molecule has 0 bridgehead atoms. The fourth-order valence-corrected chi connectivity index (χ4v) is 5.21. The summed E-state index contributed by atoms with van der Waals surface area (Å²) in [5.41, 5.74) is 2.63. The Kier molecular flexibility index (Phi) is 5.24. The molecule has 6 nitrogen and oxygen atoms in total. The van der Waals surface area contributed by atoms with Gasteiger partial charge in [0.15, 0.2) is 0 Å². The van der Waals surface area contributed by atoms with E-state index in [4.69, 9.17) is 5.11 Å². The summed E-state index contributed by atoms with van der Waals surface area (Å²) in [4.78, 5) is 13.2. The van der Waals surface area contributed by atoms with E-state index in [2.05, 4.69) is 21.8 Å². The monoisotopic (exact) mass is 380 g/mol. The first-order chi connectivity index (χ1) is 11.9. The van der Waals surface area contributed by atoms with Gasteiger partial charge in [-0.25, -0.2) is 17.9 Å². The molecule has 3 rings (SSSR count). The molecule has 2 heterocycles. The van der Waals surface area contributed by atoms with Gasteiger partial charge in [0.2, 0.25) is 10.0 Å². The molecular formula is C17H20N2O4S2. The summed E-state index contributed by atoms with van der Waals surface area (Å²) >= 11 is 0.918. The average molecular weight is 380 g/mol. The van der Waals surface area contributed by atoms with Crippen LogP contribution in [0.2, 0.25) is 0 Å². The van der Waals surface area contributed by atoms with Crippen LogP contribution in [0.1, 0.15) is 28.4 Å². The number of hydrogen-bond acceptors (Lipinski definition) is 5. The van der Waals surface area contributed by atoms with Crippen LogP contribution in [0.25, 0.3) is 0 Å². The van der Waals surface area contributed by atoms with Gasteiger partial charge in [-0.1, -0.05) is 24.3 Å². The highest BCUT2D eigenvalue weighted by Crippen LogP contribution is 2.22. The minimum absolute atomic E-state index is 0.00828. The second-order valence-corrected chi connectivity index (χ2v) is 9.05. The largest absolute Gasteiger partial charge is 0.478 e. The Hall–Kier alpha value is -1.74. The Bertz CT molecular complexity index is 876. The SMILES string of the molecule is C[C@H](CNS(=O)(=O)c1cc(C(=O)O)cs1)N1CCc2ccccc2C1. The minimum atomic E-state index is -3.69. The Morgan fingerprint density at radius 1 is 1.36 bits per heavy atom. The maximum absolute atomic E-state index is 12.3. The predicted molar refractivity (Wildman–Crippen MR) is 96.5 cm³/mol. The fraction of sp³-hybridized carbons (Fsp3) is 0.353. The fourth-order valence-electron chi connectivity index (χ4n) is 2.89. The summed E-state index contributed by atoms with van der Waals surface area (Å²) in [6.45, 7) is 3.97. The topological polar surface area (TPSA) is 86.7 Å². The van der Waals surface area contributed by atoms with Gasteiger partial charge < -0.3 is 5.11 Å². The van der Waals surface area contributed by atoms with Crippen molar-refractivity contribution in [2.45, 2.75) is 30.1 Å². The maximum Gasteiger partial charge on any atom is 0.336 e. The lowest BCUT2D eigenvalue weighted by Crippen LogP contribution is -2.44. The standard InChI is InChI=1S/C17H20N2O4S2/c1-12(19-7-6-13-4-2-3-5-14(13)10-19)9-18-25(22,23)16-8-15(11-24-16)17(20)21/h2-5,8,11-12,18H,6-7,9-10H2,1H3,(H,20,21)/t12-/m1/s1. The van der Waals surface area contributed by atoms with Crippen molar-refractivity contribution in [3.8, 4) is 0 Å². The maximum atomic E-state index is 12.3. The molecule has 0 amide bonds. The number of rotatable bonds is 6. The summed E-state index contributed by atoms with van der Waals surface area (Å²) in [5.74, 6) is -1.13. The molecule has 1 atom stereocenters. The highest BCUT2D eigenvalue weighted by Gasteiger charge is 2.23. The molecule has 2 aromatic rings. The Labute approximate surface area is 151 Å². The smallest absolute Gasteiger partial charge is 0.336 e. The molecule has 0 saturated carbocycles. The van der Waals surface area contributed by atoms with Crippen molar-refractivity contribution in [3.05, 3.63) is 52.4 Å². The predicted octanol–water partition coefficient (Wildman–Crippen LogP) is 2.17. The molecule has 0 fully saturated rings. The van der Waals surface area contributed by atoms with E-state index in [1.165, 1.54) is 22.6 Å². The number of nitrogens with zero attached hydrogens (tertiary/aromatic N) is 1. The number of carboxylic acid groups (broad SMARTS) is 1. The number of aromatic carboxylic acids is 1. The number of carboxylic acids is 1. The van der Waals surface area contributed by atoms with Crippen LogP contribution in [0, 0.1) is 0 Å². The molecule has 0 aliphatic carbocycles. The molecule has 0 saturated heterocycles. The van der Waals surface area contributed by atoms with Gasteiger partial charge in [0.25, 0.3) is 0 Å². The van der Waals surface area contributed by atoms with E-state index in [1.807, 2.05) is 19.1 Å². The number of carbonyl (C=O) groups is 1. The first kappa shape index (κ1) is 18.1. The molecule has 2 N–H and O–H groups in total. The number of sulfonamides is 1. The third-order valence-electron chi connectivity index (χ3n) is 4.44. The first-order valence-corrected chi connectivity index (χ1v) is 10.4. The second kappa shape index (κ2) is 7.25. The summed E-state index contributed by atoms with van der Waals surface area (Å²) in [5, 5.41) is 10.3. The quantitative estimate of drug-likeness (QED) is 0.802. The molecule has 0 unspecified atom stereocenters. The number of benzene rings is 1. The van der Waals surface area contributed by atoms with Crippen LogP contribution in [0.15, 0.2) is 39.9 Å². The number of fused-ring (bicyclic) bond motifs is 1. The van der Waals surface area contributed by atoms with E-state index in [1.54, 1.807) is 0 Å². The van der Waals surface area contributed by atoms with Crippen molar-refractivity contribution in [2.75, 3.05) is 13.1 Å². The van der Waals surface area contributed by atoms with E-state index in [0.29, 0.717) is 0 Å². The average Bonchev–Trinajstić information content (AvgIpc) is 3.11. The molecular weight excluding hydrogens is 360 g/mol. The third kappa shape index (κ3) is 4.09. The van der Waals surface area contributed by atoms with Gasteiger partial charge in [0.1, 0.15) is 4.21 Å². The van der Waals surface area contributed by atoms with Gasteiger partial charge in [-0.15, -0.1) is 11.3 Å². The molecule has 1 aliphatic rings. The second-order valence-electron chi connectivity index (χ2n) is 6.15. The van der Waals surface area contributed by atoms with E-state index in [0.717, 1.165) is 30.8 Å². The van der Waals surface area contributed by atoms with Crippen molar-refractivity contribution in [2.24, 2.45) is 0 Å². The Morgan fingerprint density at radius 2 is 2.08 bits per heavy atom. The van der Waals surface area contributed by atoms with Crippen molar-refractivity contribution in [3.63, 3.8) is 0 Å². The molecule has 0 spiro atoms. The summed E-state index contributed by atoms with van der Waals surface area (Å²) < 4.78 is 27.3. The van der Waals surface area contributed by atoms with Crippen LogP contribution in [-0.4, -0.2) is 43.5 Å². The number of thiophene rings is 1. The van der Waals surface area contributed by atoms with E-state index in [9.17, 15) is 13.2 Å². The Morgan fingerprint density at radius 3 is 2.76 bits per heavy atom. The molecule has 8 heteroatoms. The molecule has 134 valence electrons. The number of hydrogen-bond donors (Lipinski definition) is 2. The van der Waals surface area contributed by atoms with E-state index < -0.39 is 16.0 Å². The van der Waals surface area contributed by atoms with Crippen LogP contribution in [0.3, 0.4) is 0 Å². The van der Waals surface area contributed by atoms with Crippen molar-refractivity contribution in [1.82, 2.24) is 9.62 Å². The third-order valence-corrected chi connectivity index (χ3v) is 7.30. The molecule has 0 radical (unpaired) electrons. The van der Waals surface area contributed by atoms with Gasteiger partial charge in [0, 0.05) is 31.1 Å². The summed E-state index contributed by atoms with van der Waals surface area (Å²) in [6, 6.07) is 9.54. The lowest BCUT2D eigenvalue weighted by Gasteiger charge is -2.33. The van der Waals surface area contributed by atoms with Crippen molar-refractivity contribution < 1.29 is 18.3 Å². The normalized spacial score (nSPS) is 16.4. The van der Waals surface area contributed by atoms with Gasteiger partial charge in [0.05, 0.1) is 5.56 Å². The van der Waals surface area contributed by atoms with Crippen LogP contribution >= 0.6 is 11.3 Å². The van der Waals surface area contributed by atoms with Gasteiger partial charge >= 0.3 is 5.97 Å². The highest BCUT2D eigenvalue weighted by molar-refractivity contribution is 7.91. The zero-order valence-electron chi connectivity index (χ0n) is 13.8. The molecule has 25 heavy (non-hydrogen) atoms. The van der Waals surface area contributed by atoms with Crippen LogP contribution < -0.4 is 4.72 Å². The van der Waals surface area contributed by atoms with Crippen LogP contribution in [0.4, 0.5) is 0 Å². The zero-order chi connectivity index (χ0) is 18.0. The van der Waals surface area contributed by atoms with Crippen LogP contribution in [-0.2, 0) is 23.0 Å². The van der Waals surface area contributed by atoms with Crippen molar-refractivity contribution >= 4 is 27.3 Å². The lowest BCUT2D eigenvalue weighted by atomic mass is 9.99. The Balaban J connectivity index is 1.62. The van der Waals surface area contributed by atoms with Gasteiger partial charge in [-0.3, -0.25) is 4.90 Å². The highest BCUT2D eigenvalue weighted by atomic mass is 32.2. The molecule has 1 aliphatic heterocycles. The zero-order valence-corrected chi connectivity index (χ0v) is 15.4. The lowest BCUT2D eigenvalue weighted by molar-refractivity contribution is 0.0697. The first-order valence-electron chi connectivity index (χ1n) is 7.99. The minimum Gasteiger partial charge on any atom is -0.478 e. The van der Waals surface area contributed by atoms with Crippen molar-refractivity contribution in [1.29, 1.82) is 0 Å². The molecule has 1 aromatic carbocycles. The van der Waals surface area contributed by atoms with E-state index >= 15 is 0 Å². The van der Waals surface area contributed by atoms with Gasteiger partial charge in [-0.05, 0) is 30.5 Å². The molecule has 1 aromatic heterocycles. The summed E-state index contributed by atoms with van der Waals surface area (Å²) in [7, 11) is -3.69. The van der Waals surface area contributed by atoms with Gasteiger partial charge in [-0.2, -0.15) is 0 Å².